The summed E-state index contributed by atoms with van der Waals surface area (Å²) < 4.78 is 0.713. The lowest BCUT2D eigenvalue weighted by molar-refractivity contribution is -0.117. The summed E-state index contributed by atoms with van der Waals surface area (Å²) >= 11 is 9.21. The van der Waals surface area contributed by atoms with E-state index in [-0.39, 0.29) is 12.3 Å². The molecule has 0 aliphatic rings. The Hall–Kier alpha value is -1.85. The molecule has 4 nitrogen and oxygen atoms in total. The van der Waals surface area contributed by atoms with Crippen LogP contribution >= 0.6 is 27.5 Å². The summed E-state index contributed by atoms with van der Waals surface area (Å²) in [5.41, 5.74) is 6.84. The Morgan fingerprint density at radius 3 is 2.57 bits per heavy atom. The number of primary amides is 1. The van der Waals surface area contributed by atoms with Gasteiger partial charge in [0.1, 0.15) is 0 Å². The lowest BCUT2D eigenvalue weighted by Gasteiger charge is -2.10. The first-order valence-electron chi connectivity index (χ1n) is 6.09. The Kier molecular flexibility index (Phi) is 4.98. The second kappa shape index (κ2) is 6.74. The molecule has 2 aromatic carbocycles. The molecule has 2 amide bonds. The van der Waals surface area contributed by atoms with E-state index in [0.29, 0.717) is 26.3 Å². The average Bonchev–Trinajstić information content (AvgIpc) is 2.39. The summed E-state index contributed by atoms with van der Waals surface area (Å²) in [7, 11) is 0. The number of nitrogens with two attached hydrogens (primary N) is 1. The molecule has 0 aromatic heterocycles. The lowest BCUT2D eigenvalue weighted by Crippen LogP contribution is -2.17. The zero-order valence-electron chi connectivity index (χ0n) is 10.9. The third-order valence-electron chi connectivity index (χ3n) is 2.75. The summed E-state index contributed by atoms with van der Waals surface area (Å²) in [5.74, 6) is -0.766. The maximum absolute atomic E-state index is 12.2. The number of rotatable bonds is 4. The first-order valence-corrected chi connectivity index (χ1v) is 7.26. The van der Waals surface area contributed by atoms with E-state index in [1.165, 1.54) is 0 Å². The van der Waals surface area contributed by atoms with Crippen molar-refractivity contribution in [2.45, 2.75) is 6.42 Å². The number of halogens is 2. The van der Waals surface area contributed by atoms with E-state index in [9.17, 15) is 9.59 Å². The van der Waals surface area contributed by atoms with Crippen LogP contribution < -0.4 is 11.1 Å². The van der Waals surface area contributed by atoms with Crippen molar-refractivity contribution < 1.29 is 9.59 Å². The predicted octanol–water partition coefficient (Wildman–Crippen LogP) is 3.38. The van der Waals surface area contributed by atoms with E-state index in [1.54, 1.807) is 42.5 Å². The molecule has 0 aliphatic heterocycles. The van der Waals surface area contributed by atoms with Crippen molar-refractivity contribution in [2.75, 3.05) is 5.32 Å². The molecular formula is C15H12BrClN2O2. The molecule has 3 N–H and O–H groups in total. The normalized spacial score (nSPS) is 10.2. The van der Waals surface area contributed by atoms with Gasteiger partial charge in [-0.1, -0.05) is 45.7 Å². The summed E-state index contributed by atoms with van der Waals surface area (Å²) in [5, 5.41) is 3.22. The fraction of sp³-hybridized carbons (Fsp3) is 0.0667. The van der Waals surface area contributed by atoms with Crippen molar-refractivity contribution in [2.24, 2.45) is 5.73 Å². The molecule has 2 aromatic rings. The zero-order chi connectivity index (χ0) is 15.4. The van der Waals surface area contributed by atoms with Crippen molar-refractivity contribution in [3.8, 4) is 0 Å². The van der Waals surface area contributed by atoms with Crippen LogP contribution in [-0.2, 0) is 11.2 Å². The average molecular weight is 368 g/mol. The fourth-order valence-electron chi connectivity index (χ4n) is 1.86. The summed E-state index contributed by atoms with van der Waals surface area (Å²) in [6.07, 6.45) is 0.0652. The number of amides is 2. The number of anilines is 1. The Labute approximate surface area is 135 Å². The number of benzene rings is 2. The second-order valence-corrected chi connectivity index (χ2v) is 5.76. The molecule has 0 spiro atoms. The number of hydrogen-bond donors (Lipinski definition) is 2. The van der Waals surface area contributed by atoms with Gasteiger partial charge in [-0.25, -0.2) is 0 Å². The van der Waals surface area contributed by atoms with Gasteiger partial charge in [-0.15, -0.1) is 0 Å². The third-order valence-corrected chi connectivity index (χ3v) is 3.43. The molecule has 21 heavy (non-hydrogen) atoms. The number of carbonyl (C=O) groups excluding carboxylic acids is 2. The molecule has 0 unspecified atom stereocenters. The number of nitrogens with one attached hydrogen (secondary N) is 1. The summed E-state index contributed by atoms with van der Waals surface area (Å²) in [4.78, 5) is 23.3. The van der Waals surface area contributed by atoms with Crippen LogP contribution in [0.2, 0.25) is 5.02 Å². The van der Waals surface area contributed by atoms with Crippen molar-refractivity contribution >= 4 is 45.0 Å². The minimum Gasteiger partial charge on any atom is -0.369 e. The van der Waals surface area contributed by atoms with Gasteiger partial charge in [-0.3, -0.25) is 9.59 Å². The summed E-state index contributed by atoms with van der Waals surface area (Å²) in [6.45, 7) is 0. The standard InChI is InChI=1S/C15H12BrClN2O2/c16-11-5-10(6-12(17)8-11)15(21)19-13-4-2-1-3-9(13)7-14(18)20/h1-6,8H,7H2,(H2,18,20)(H,19,21). The van der Waals surface area contributed by atoms with Gasteiger partial charge in [-0.2, -0.15) is 0 Å². The predicted molar refractivity (Wildman–Crippen MR) is 86.4 cm³/mol. The highest BCUT2D eigenvalue weighted by Gasteiger charge is 2.11. The second-order valence-electron chi connectivity index (χ2n) is 4.41. The maximum Gasteiger partial charge on any atom is 0.255 e. The minimum atomic E-state index is -0.456. The molecule has 0 heterocycles. The van der Waals surface area contributed by atoms with Crippen LogP contribution in [-0.4, -0.2) is 11.8 Å². The van der Waals surface area contributed by atoms with Crippen molar-refractivity contribution in [1.29, 1.82) is 0 Å². The highest BCUT2D eigenvalue weighted by Crippen LogP contribution is 2.21. The molecule has 0 radical (unpaired) electrons. The van der Waals surface area contributed by atoms with Gasteiger partial charge in [0.05, 0.1) is 6.42 Å². The van der Waals surface area contributed by atoms with E-state index in [0.717, 1.165) is 0 Å². The van der Waals surface area contributed by atoms with Gasteiger partial charge in [0.25, 0.3) is 5.91 Å². The van der Waals surface area contributed by atoms with Crippen LogP contribution in [0.1, 0.15) is 15.9 Å². The molecule has 2 rings (SSSR count). The SMILES string of the molecule is NC(=O)Cc1ccccc1NC(=O)c1cc(Cl)cc(Br)c1. The van der Waals surface area contributed by atoms with Gasteiger partial charge in [0.2, 0.25) is 5.91 Å². The molecule has 0 fully saturated rings. The highest BCUT2D eigenvalue weighted by atomic mass is 79.9. The molecule has 0 bridgehead atoms. The van der Waals surface area contributed by atoms with Gasteiger partial charge in [0.15, 0.2) is 0 Å². The Balaban J connectivity index is 2.25. The zero-order valence-corrected chi connectivity index (χ0v) is 13.2. The highest BCUT2D eigenvalue weighted by molar-refractivity contribution is 9.10. The molecule has 0 saturated heterocycles. The monoisotopic (exact) mass is 366 g/mol. The molecular weight excluding hydrogens is 356 g/mol. The smallest absolute Gasteiger partial charge is 0.255 e. The van der Waals surface area contributed by atoms with E-state index >= 15 is 0 Å². The molecule has 6 heteroatoms. The van der Waals surface area contributed by atoms with Crippen molar-refractivity contribution in [3.05, 3.63) is 63.1 Å². The van der Waals surface area contributed by atoms with E-state index in [1.807, 2.05) is 0 Å². The molecule has 0 atom stereocenters. The Bertz CT molecular complexity index is 684. The van der Waals surface area contributed by atoms with E-state index < -0.39 is 5.91 Å². The Morgan fingerprint density at radius 1 is 1.19 bits per heavy atom. The van der Waals surface area contributed by atoms with Crippen LogP contribution in [0.3, 0.4) is 0 Å². The third kappa shape index (κ3) is 4.31. The van der Waals surface area contributed by atoms with Gasteiger partial charge in [-0.05, 0) is 29.8 Å². The first kappa shape index (κ1) is 15.5. The van der Waals surface area contributed by atoms with Crippen LogP contribution in [0.15, 0.2) is 46.9 Å². The molecule has 108 valence electrons. The number of hydrogen-bond acceptors (Lipinski definition) is 2. The van der Waals surface area contributed by atoms with E-state index in [4.69, 9.17) is 17.3 Å². The fourth-order valence-corrected chi connectivity index (χ4v) is 2.72. The number of carbonyl (C=O) groups is 2. The van der Waals surface area contributed by atoms with Crippen LogP contribution in [0.5, 0.6) is 0 Å². The van der Waals surface area contributed by atoms with Crippen molar-refractivity contribution in [3.63, 3.8) is 0 Å². The van der Waals surface area contributed by atoms with Crippen LogP contribution in [0.25, 0.3) is 0 Å². The molecule has 0 aliphatic carbocycles. The van der Waals surface area contributed by atoms with Crippen LogP contribution in [0.4, 0.5) is 5.69 Å². The molecule has 0 saturated carbocycles. The summed E-state index contributed by atoms with van der Waals surface area (Å²) in [6, 6.07) is 11.9. The topological polar surface area (TPSA) is 72.2 Å². The minimum absolute atomic E-state index is 0.0652. The van der Waals surface area contributed by atoms with Crippen LogP contribution in [0, 0.1) is 0 Å². The van der Waals surface area contributed by atoms with Gasteiger partial charge in [0, 0.05) is 20.7 Å². The lowest BCUT2D eigenvalue weighted by atomic mass is 10.1. The van der Waals surface area contributed by atoms with Crippen molar-refractivity contribution in [1.82, 2.24) is 0 Å². The number of para-hydroxylation sites is 1. The van der Waals surface area contributed by atoms with Gasteiger partial charge < -0.3 is 11.1 Å². The first-order chi connectivity index (χ1) is 9.95. The quantitative estimate of drug-likeness (QED) is 0.869. The Morgan fingerprint density at radius 2 is 1.90 bits per heavy atom. The maximum atomic E-state index is 12.2. The van der Waals surface area contributed by atoms with E-state index in [2.05, 4.69) is 21.2 Å². The largest absolute Gasteiger partial charge is 0.369 e. The van der Waals surface area contributed by atoms with Gasteiger partial charge >= 0.3 is 0 Å².